The molecular formula is C21H13ClFN5. The van der Waals surface area contributed by atoms with Gasteiger partial charge in [0.1, 0.15) is 11.6 Å². The molecule has 5 nitrogen and oxygen atoms in total. The molecular weight excluding hydrogens is 377 g/mol. The molecule has 2 heterocycles. The van der Waals surface area contributed by atoms with Gasteiger partial charge in [0.2, 0.25) is 0 Å². The molecule has 0 atom stereocenters. The van der Waals surface area contributed by atoms with E-state index in [9.17, 15) is 4.39 Å². The van der Waals surface area contributed by atoms with Gasteiger partial charge in [0.25, 0.3) is 0 Å². The zero-order valence-electron chi connectivity index (χ0n) is 14.4. The Hall–Kier alpha value is -3.51. The van der Waals surface area contributed by atoms with Gasteiger partial charge in [0.05, 0.1) is 17.2 Å². The number of rotatable bonds is 3. The predicted octanol–water partition coefficient (Wildman–Crippen LogP) is 5.71. The molecule has 7 heteroatoms. The number of halogens is 2. The van der Waals surface area contributed by atoms with Crippen LogP contribution < -0.4 is 5.32 Å². The van der Waals surface area contributed by atoms with Crippen LogP contribution in [0.1, 0.15) is 0 Å². The fraction of sp³-hybridized carbons (Fsp3) is 0. The van der Waals surface area contributed by atoms with E-state index >= 15 is 0 Å². The minimum absolute atomic E-state index is 0.303. The van der Waals surface area contributed by atoms with Gasteiger partial charge in [-0.1, -0.05) is 11.6 Å². The molecule has 28 heavy (non-hydrogen) atoms. The number of aromatic nitrogens is 4. The van der Waals surface area contributed by atoms with Gasteiger partial charge in [-0.05, 0) is 60.7 Å². The van der Waals surface area contributed by atoms with E-state index in [1.54, 1.807) is 24.4 Å². The lowest BCUT2D eigenvalue weighted by atomic mass is 10.1. The van der Waals surface area contributed by atoms with Crippen LogP contribution >= 0.6 is 11.6 Å². The zero-order valence-corrected chi connectivity index (χ0v) is 15.2. The first-order valence-corrected chi connectivity index (χ1v) is 8.97. The summed E-state index contributed by atoms with van der Waals surface area (Å²) in [6.07, 6.45) is 1.76. The summed E-state index contributed by atoms with van der Waals surface area (Å²) in [7, 11) is 0. The van der Waals surface area contributed by atoms with Gasteiger partial charge >= 0.3 is 0 Å². The normalized spacial score (nSPS) is 11.2. The van der Waals surface area contributed by atoms with Crippen molar-refractivity contribution in [2.24, 2.45) is 0 Å². The fourth-order valence-electron chi connectivity index (χ4n) is 3.08. The molecule has 2 N–H and O–H groups in total. The Morgan fingerprint density at radius 2 is 1.79 bits per heavy atom. The second-order valence-corrected chi connectivity index (χ2v) is 6.80. The molecule has 0 aliphatic carbocycles. The van der Waals surface area contributed by atoms with Crippen molar-refractivity contribution in [3.8, 4) is 11.4 Å². The minimum Gasteiger partial charge on any atom is -0.340 e. The number of nitrogens with zero attached hydrogens (tertiary/aromatic N) is 3. The largest absolute Gasteiger partial charge is 0.340 e. The van der Waals surface area contributed by atoms with E-state index in [0.717, 1.165) is 33.1 Å². The number of H-pyrrole nitrogens is 1. The quantitative estimate of drug-likeness (QED) is 0.415. The number of nitrogens with one attached hydrogen (secondary N) is 2. The van der Waals surface area contributed by atoms with Crippen LogP contribution in [0.25, 0.3) is 33.2 Å². The van der Waals surface area contributed by atoms with Crippen LogP contribution in [-0.4, -0.2) is 20.2 Å². The van der Waals surface area contributed by atoms with Crippen LogP contribution in [0.4, 0.5) is 15.9 Å². The third kappa shape index (κ3) is 3.04. The lowest BCUT2D eigenvalue weighted by Gasteiger charge is -2.12. The maximum atomic E-state index is 13.3. The Labute approximate surface area is 164 Å². The molecule has 0 bridgehead atoms. The van der Waals surface area contributed by atoms with E-state index in [0.29, 0.717) is 16.7 Å². The van der Waals surface area contributed by atoms with Gasteiger partial charge in [-0.3, -0.25) is 5.10 Å². The second-order valence-electron chi connectivity index (χ2n) is 6.36. The molecule has 136 valence electrons. The molecule has 2 aromatic heterocycles. The van der Waals surface area contributed by atoms with Gasteiger partial charge in [0.15, 0.2) is 5.82 Å². The summed E-state index contributed by atoms with van der Waals surface area (Å²) in [5.74, 6) is 0.819. The van der Waals surface area contributed by atoms with Crippen LogP contribution in [0, 0.1) is 5.82 Å². The number of aromatic amines is 1. The van der Waals surface area contributed by atoms with Gasteiger partial charge in [-0.2, -0.15) is 5.10 Å². The maximum Gasteiger partial charge on any atom is 0.162 e. The van der Waals surface area contributed by atoms with Crippen LogP contribution in [0.5, 0.6) is 0 Å². The molecule has 0 radical (unpaired) electrons. The van der Waals surface area contributed by atoms with Crippen molar-refractivity contribution in [1.82, 2.24) is 20.2 Å². The van der Waals surface area contributed by atoms with Crippen molar-refractivity contribution in [3.63, 3.8) is 0 Å². The number of hydrogen-bond donors (Lipinski definition) is 2. The van der Waals surface area contributed by atoms with E-state index in [1.165, 1.54) is 12.1 Å². The Morgan fingerprint density at radius 3 is 2.64 bits per heavy atom. The summed E-state index contributed by atoms with van der Waals surface area (Å²) in [6, 6.07) is 17.4. The van der Waals surface area contributed by atoms with E-state index < -0.39 is 0 Å². The van der Waals surface area contributed by atoms with Crippen molar-refractivity contribution in [3.05, 3.63) is 77.7 Å². The minimum atomic E-state index is -0.303. The summed E-state index contributed by atoms with van der Waals surface area (Å²) < 4.78 is 13.3. The molecule has 0 unspecified atom stereocenters. The monoisotopic (exact) mass is 389 g/mol. The first-order valence-electron chi connectivity index (χ1n) is 8.59. The van der Waals surface area contributed by atoms with Crippen molar-refractivity contribution in [1.29, 1.82) is 0 Å². The van der Waals surface area contributed by atoms with Gasteiger partial charge in [-0.15, -0.1) is 0 Å². The number of anilines is 2. The molecule has 0 spiro atoms. The van der Waals surface area contributed by atoms with Gasteiger partial charge < -0.3 is 5.32 Å². The smallest absolute Gasteiger partial charge is 0.162 e. The standard InChI is InChI=1S/C21H13ClFN5/c22-14-3-7-19-17(10-14)21(25-16-6-8-18-13(9-16)11-24-28-18)27-20(26-19)12-1-4-15(23)5-2-12/h1-11H,(H,24,28)(H,25,26,27). The summed E-state index contributed by atoms with van der Waals surface area (Å²) in [6.45, 7) is 0. The van der Waals surface area contributed by atoms with Crippen molar-refractivity contribution >= 4 is 44.9 Å². The van der Waals surface area contributed by atoms with Gasteiger partial charge in [0, 0.05) is 27.0 Å². The van der Waals surface area contributed by atoms with E-state index in [2.05, 4.69) is 25.5 Å². The molecule has 0 fully saturated rings. The molecule has 0 saturated carbocycles. The van der Waals surface area contributed by atoms with Crippen molar-refractivity contribution in [2.75, 3.05) is 5.32 Å². The summed E-state index contributed by atoms with van der Waals surface area (Å²) in [4.78, 5) is 9.29. The lowest BCUT2D eigenvalue weighted by molar-refractivity contribution is 0.628. The third-order valence-corrected chi connectivity index (χ3v) is 4.70. The lowest BCUT2D eigenvalue weighted by Crippen LogP contribution is -1.99. The van der Waals surface area contributed by atoms with Crippen molar-refractivity contribution in [2.45, 2.75) is 0 Å². The Bertz CT molecular complexity index is 1310. The topological polar surface area (TPSA) is 66.5 Å². The van der Waals surface area contributed by atoms with Crippen LogP contribution in [0.3, 0.4) is 0 Å². The highest BCUT2D eigenvalue weighted by Crippen LogP contribution is 2.30. The molecule has 0 aliphatic heterocycles. The first-order chi connectivity index (χ1) is 13.7. The summed E-state index contributed by atoms with van der Waals surface area (Å²) in [5.41, 5.74) is 3.28. The molecule has 5 rings (SSSR count). The average molecular weight is 390 g/mol. The van der Waals surface area contributed by atoms with Crippen LogP contribution in [0.2, 0.25) is 5.02 Å². The van der Waals surface area contributed by atoms with E-state index in [-0.39, 0.29) is 5.82 Å². The highest BCUT2D eigenvalue weighted by molar-refractivity contribution is 6.31. The molecule has 0 amide bonds. The molecule has 3 aromatic carbocycles. The predicted molar refractivity (Wildman–Crippen MR) is 109 cm³/mol. The number of benzene rings is 3. The van der Waals surface area contributed by atoms with E-state index in [1.807, 2.05) is 30.3 Å². The third-order valence-electron chi connectivity index (χ3n) is 4.46. The van der Waals surface area contributed by atoms with E-state index in [4.69, 9.17) is 11.6 Å². The molecule has 0 saturated heterocycles. The summed E-state index contributed by atoms with van der Waals surface area (Å²) in [5, 5.41) is 12.7. The molecule has 5 aromatic rings. The maximum absolute atomic E-state index is 13.3. The van der Waals surface area contributed by atoms with Crippen LogP contribution in [-0.2, 0) is 0 Å². The highest BCUT2D eigenvalue weighted by Gasteiger charge is 2.11. The highest BCUT2D eigenvalue weighted by atomic mass is 35.5. The fourth-order valence-corrected chi connectivity index (χ4v) is 3.25. The Morgan fingerprint density at radius 1 is 0.929 bits per heavy atom. The average Bonchev–Trinajstić information content (AvgIpc) is 3.17. The van der Waals surface area contributed by atoms with Gasteiger partial charge in [-0.25, -0.2) is 14.4 Å². The zero-order chi connectivity index (χ0) is 19.1. The summed E-state index contributed by atoms with van der Waals surface area (Å²) >= 11 is 6.19. The molecule has 0 aliphatic rings. The Balaban J connectivity index is 1.66. The number of fused-ring (bicyclic) bond motifs is 2. The van der Waals surface area contributed by atoms with Crippen molar-refractivity contribution < 1.29 is 4.39 Å². The van der Waals surface area contributed by atoms with Crippen LogP contribution in [0.15, 0.2) is 66.9 Å². The second kappa shape index (κ2) is 6.58. The Kier molecular flexibility index (Phi) is 3.91. The SMILES string of the molecule is Fc1ccc(-c2nc(Nc3ccc4[nH]ncc4c3)c3cc(Cl)ccc3n2)cc1. The number of hydrogen-bond acceptors (Lipinski definition) is 4. The first kappa shape index (κ1) is 16.6.